The van der Waals surface area contributed by atoms with Crippen molar-refractivity contribution in [1.82, 2.24) is 0 Å². The summed E-state index contributed by atoms with van der Waals surface area (Å²) in [4.78, 5) is 16.0. The van der Waals surface area contributed by atoms with Gasteiger partial charge in [0.2, 0.25) is 0 Å². The van der Waals surface area contributed by atoms with E-state index in [1.54, 1.807) is 0 Å². The first-order valence-corrected chi connectivity index (χ1v) is 17.7. The van der Waals surface area contributed by atoms with Gasteiger partial charge in [-0.15, -0.1) is 0 Å². The van der Waals surface area contributed by atoms with Crippen LogP contribution in [0.25, 0.3) is 0 Å². The molecule has 0 fully saturated rings. The Labute approximate surface area is 268 Å². The van der Waals surface area contributed by atoms with Gasteiger partial charge in [-0.2, -0.15) is 0 Å². The van der Waals surface area contributed by atoms with Crippen LogP contribution in [0.15, 0.2) is 136 Å². The summed E-state index contributed by atoms with van der Waals surface area (Å²) in [6, 6.07) is 42.8. The van der Waals surface area contributed by atoms with Crippen molar-refractivity contribution < 1.29 is 0 Å². The summed E-state index contributed by atoms with van der Waals surface area (Å²) in [5.74, 6) is 0. The van der Waals surface area contributed by atoms with Crippen molar-refractivity contribution in [1.29, 1.82) is 0 Å². The first kappa shape index (κ1) is 30.6. The van der Waals surface area contributed by atoms with Gasteiger partial charge in [0.25, 0.3) is 0 Å². The Kier molecular flexibility index (Phi) is 10.4. The Morgan fingerprint density at radius 3 is 0.907 bits per heavy atom. The standard InChI is InChI=1S/C38H35N3Se2/c1-26-6-16-31(17-7-26)39-36(37(40-32-18-8-27(2)9-19-32)42-34-22-12-29(4)13-23-34)38(41-33-20-10-28(3)11-21-33)43-35-24-14-30(5)15-25-35/h6-25H,1-5H3. The fraction of sp³-hybridized carbons (Fsp3) is 0.132. The van der Waals surface area contributed by atoms with Gasteiger partial charge in [0.1, 0.15) is 0 Å². The molecular weight excluding hydrogens is 656 g/mol. The second kappa shape index (κ2) is 14.6. The minimum absolute atomic E-state index is 0.112. The third-order valence-corrected chi connectivity index (χ3v) is 10.8. The van der Waals surface area contributed by atoms with E-state index in [2.05, 4.69) is 156 Å². The summed E-state index contributed by atoms with van der Waals surface area (Å²) in [7, 11) is 0. The van der Waals surface area contributed by atoms with E-state index in [1.807, 2.05) is 0 Å². The van der Waals surface area contributed by atoms with Crippen LogP contribution in [-0.2, 0) is 0 Å². The molecule has 43 heavy (non-hydrogen) atoms. The van der Waals surface area contributed by atoms with Crippen molar-refractivity contribution in [3.05, 3.63) is 149 Å². The van der Waals surface area contributed by atoms with Crippen molar-refractivity contribution in [2.45, 2.75) is 34.6 Å². The van der Waals surface area contributed by atoms with Gasteiger partial charge in [-0.25, -0.2) is 0 Å². The van der Waals surface area contributed by atoms with Gasteiger partial charge < -0.3 is 0 Å². The monoisotopic (exact) mass is 693 g/mol. The maximum absolute atomic E-state index is 5.34. The molecule has 0 spiro atoms. The van der Waals surface area contributed by atoms with Gasteiger partial charge in [0, 0.05) is 0 Å². The van der Waals surface area contributed by atoms with Gasteiger partial charge in [-0.05, 0) is 0 Å². The Hall–Kier alpha value is -3.85. The molecule has 0 aliphatic heterocycles. The molecule has 0 atom stereocenters. The van der Waals surface area contributed by atoms with E-state index in [-0.39, 0.29) is 29.9 Å². The Morgan fingerprint density at radius 1 is 0.349 bits per heavy atom. The molecule has 5 aromatic carbocycles. The molecule has 214 valence electrons. The zero-order chi connectivity index (χ0) is 30.2. The van der Waals surface area contributed by atoms with Crippen LogP contribution in [-0.4, -0.2) is 44.8 Å². The van der Waals surface area contributed by atoms with Crippen molar-refractivity contribution in [3.63, 3.8) is 0 Å². The molecule has 5 aromatic rings. The SMILES string of the molecule is Cc1ccc(N=C([Se]c2ccc(C)cc2)C(=Nc2ccc(C)cc2)C(=Nc2ccc(C)cc2)[Se]c2ccc(C)cc2)cc1. The summed E-state index contributed by atoms with van der Waals surface area (Å²) in [5, 5.41) is 0. The molecule has 0 aromatic heterocycles. The summed E-state index contributed by atoms with van der Waals surface area (Å²) in [6.45, 7) is 10.6. The Bertz CT molecular complexity index is 1640. The number of aryl methyl sites for hydroxylation is 5. The summed E-state index contributed by atoms with van der Waals surface area (Å²) < 4.78 is 4.41. The van der Waals surface area contributed by atoms with E-state index >= 15 is 0 Å². The quantitative estimate of drug-likeness (QED) is 0.112. The number of hydrogen-bond acceptors (Lipinski definition) is 3. The average Bonchev–Trinajstić information content (AvgIpc) is 3.01. The van der Waals surface area contributed by atoms with Gasteiger partial charge >= 0.3 is 270 Å². The molecule has 0 aliphatic rings. The second-order valence-electron chi connectivity index (χ2n) is 10.6. The normalized spacial score (nSPS) is 11.8. The molecule has 5 heteroatoms. The molecule has 0 bridgehead atoms. The number of hydrogen-bond donors (Lipinski definition) is 0. The van der Waals surface area contributed by atoms with Crippen LogP contribution in [0.5, 0.6) is 0 Å². The topological polar surface area (TPSA) is 37.1 Å². The van der Waals surface area contributed by atoms with Crippen LogP contribution in [0.2, 0.25) is 0 Å². The number of benzene rings is 5. The molecule has 0 N–H and O–H groups in total. The fourth-order valence-electron chi connectivity index (χ4n) is 4.09. The minimum atomic E-state index is -0.112. The van der Waals surface area contributed by atoms with E-state index in [4.69, 9.17) is 15.0 Å². The summed E-state index contributed by atoms with van der Waals surface area (Å²) >= 11 is -0.223. The molecular formula is C38H35N3Se2. The zero-order valence-corrected chi connectivity index (χ0v) is 28.6. The second-order valence-corrected chi connectivity index (χ2v) is 15.1. The van der Waals surface area contributed by atoms with Gasteiger partial charge in [-0.1, -0.05) is 0 Å². The van der Waals surface area contributed by atoms with Crippen molar-refractivity contribution in [2.24, 2.45) is 15.0 Å². The van der Waals surface area contributed by atoms with Crippen LogP contribution in [0.3, 0.4) is 0 Å². The number of rotatable bonds is 9. The van der Waals surface area contributed by atoms with E-state index < -0.39 is 0 Å². The third kappa shape index (κ3) is 9.07. The predicted octanol–water partition coefficient (Wildman–Crippen LogP) is 7.82. The molecule has 5 rings (SSSR count). The maximum atomic E-state index is 5.34. The van der Waals surface area contributed by atoms with Crippen LogP contribution >= 0.6 is 0 Å². The summed E-state index contributed by atoms with van der Waals surface area (Å²) in [6.07, 6.45) is 0. The first-order chi connectivity index (χ1) is 20.8. The number of nitrogens with zero attached hydrogens (tertiary/aromatic N) is 3. The van der Waals surface area contributed by atoms with Crippen LogP contribution in [0, 0.1) is 34.6 Å². The summed E-state index contributed by atoms with van der Waals surface area (Å²) in [5.41, 5.74) is 9.70. The van der Waals surface area contributed by atoms with Gasteiger partial charge in [0.05, 0.1) is 0 Å². The molecule has 0 aliphatic carbocycles. The Balaban J connectivity index is 1.73. The van der Waals surface area contributed by atoms with Crippen LogP contribution in [0.1, 0.15) is 27.8 Å². The van der Waals surface area contributed by atoms with Crippen molar-refractivity contribution >= 4 is 70.8 Å². The zero-order valence-electron chi connectivity index (χ0n) is 25.2. The Morgan fingerprint density at radius 2 is 0.605 bits per heavy atom. The van der Waals surface area contributed by atoms with E-state index in [0.717, 1.165) is 32.0 Å². The average molecular weight is 692 g/mol. The molecule has 0 saturated heterocycles. The van der Waals surface area contributed by atoms with Gasteiger partial charge in [0.15, 0.2) is 0 Å². The van der Waals surface area contributed by atoms with E-state index in [9.17, 15) is 0 Å². The van der Waals surface area contributed by atoms with Crippen molar-refractivity contribution in [2.75, 3.05) is 0 Å². The third-order valence-electron chi connectivity index (χ3n) is 6.68. The van der Waals surface area contributed by atoms with E-state index in [0.29, 0.717) is 0 Å². The predicted molar refractivity (Wildman–Crippen MR) is 188 cm³/mol. The molecule has 0 unspecified atom stereocenters. The fourth-order valence-corrected chi connectivity index (χ4v) is 8.14. The van der Waals surface area contributed by atoms with Crippen LogP contribution < -0.4 is 8.92 Å². The van der Waals surface area contributed by atoms with Crippen LogP contribution in [0.4, 0.5) is 17.1 Å². The van der Waals surface area contributed by atoms with E-state index in [1.165, 1.54) is 36.7 Å². The molecule has 3 nitrogen and oxygen atoms in total. The molecule has 0 radical (unpaired) electrons. The molecule has 0 amide bonds. The van der Waals surface area contributed by atoms with Gasteiger partial charge in [-0.3, -0.25) is 0 Å². The molecule has 0 saturated carbocycles. The van der Waals surface area contributed by atoms with Crippen molar-refractivity contribution in [3.8, 4) is 0 Å². The number of aliphatic imine (C=N–C) groups is 3. The molecule has 0 heterocycles. The first-order valence-electron chi connectivity index (χ1n) is 14.3.